The minimum Gasteiger partial charge on any atom is -0.497 e. The second-order valence-electron chi connectivity index (χ2n) is 3.17. The molecular formula is C12H13NO3. The van der Waals surface area contributed by atoms with E-state index in [9.17, 15) is 0 Å². The Morgan fingerprint density at radius 3 is 2.81 bits per heavy atom. The number of hydrogen-bond donors (Lipinski definition) is 0. The Balaban J connectivity index is 2.44. The molecule has 0 bridgehead atoms. The minimum absolute atomic E-state index is 0.592. The maximum Gasteiger partial charge on any atom is 0.170 e. The first-order valence-corrected chi connectivity index (χ1v) is 5.07. The fourth-order valence-corrected chi connectivity index (χ4v) is 1.46. The Morgan fingerprint density at radius 2 is 2.19 bits per heavy atom. The molecule has 16 heavy (non-hydrogen) atoms. The highest BCUT2D eigenvalue weighted by Crippen LogP contribution is 2.33. The van der Waals surface area contributed by atoms with Gasteiger partial charge in [0.1, 0.15) is 11.5 Å². The van der Waals surface area contributed by atoms with Crippen molar-refractivity contribution in [3.8, 4) is 22.8 Å². The Labute approximate surface area is 93.8 Å². The van der Waals surface area contributed by atoms with E-state index in [1.165, 1.54) is 0 Å². The zero-order chi connectivity index (χ0) is 11.4. The van der Waals surface area contributed by atoms with Crippen molar-refractivity contribution in [3.63, 3.8) is 0 Å². The quantitative estimate of drug-likeness (QED) is 0.793. The Kier molecular flexibility index (Phi) is 3.10. The number of benzene rings is 1. The summed E-state index contributed by atoms with van der Waals surface area (Å²) in [5, 5.41) is 3.68. The molecule has 0 radical (unpaired) electrons. The van der Waals surface area contributed by atoms with Gasteiger partial charge in [0.2, 0.25) is 0 Å². The molecule has 0 aliphatic heterocycles. The molecule has 0 aliphatic rings. The maximum absolute atomic E-state index is 5.54. The van der Waals surface area contributed by atoms with E-state index in [2.05, 4.69) is 5.16 Å². The Morgan fingerprint density at radius 1 is 1.31 bits per heavy atom. The van der Waals surface area contributed by atoms with Crippen LogP contribution in [0.3, 0.4) is 0 Å². The van der Waals surface area contributed by atoms with Crippen LogP contribution < -0.4 is 9.47 Å². The van der Waals surface area contributed by atoms with E-state index in [1.807, 2.05) is 25.1 Å². The van der Waals surface area contributed by atoms with E-state index >= 15 is 0 Å². The minimum atomic E-state index is 0.592. The van der Waals surface area contributed by atoms with Crippen molar-refractivity contribution in [3.05, 3.63) is 30.5 Å². The van der Waals surface area contributed by atoms with Crippen LogP contribution in [0, 0.1) is 0 Å². The second kappa shape index (κ2) is 4.70. The summed E-state index contributed by atoms with van der Waals surface area (Å²) in [6.45, 7) is 2.53. The summed E-state index contributed by atoms with van der Waals surface area (Å²) in [6, 6.07) is 7.39. The highest BCUT2D eigenvalue weighted by molar-refractivity contribution is 5.66. The van der Waals surface area contributed by atoms with Gasteiger partial charge in [0, 0.05) is 12.1 Å². The summed E-state index contributed by atoms with van der Waals surface area (Å²) in [4.78, 5) is 0. The van der Waals surface area contributed by atoms with Gasteiger partial charge in [-0.25, -0.2) is 0 Å². The number of nitrogens with zero attached hydrogens (tertiary/aromatic N) is 1. The third-order valence-corrected chi connectivity index (χ3v) is 2.19. The second-order valence-corrected chi connectivity index (χ2v) is 3.17. The van der Waals surface area contributed by atoms with Gasteiger partial charge in [0.25, 0.3) is 0 Å². The molecule has 0 atom stereocenters. The van der Waals surface area contributed by atoms with Crippen LogP contribution in [0.15, 0.2) is 35.0 Å². The molecule has 1 heterocycles. The molecule has 4 nitrogen and oxygen atoms in total. The average molecular weight is 219 g/mol. The molecule has 0 unspecified atom stereocenters. The number of hydrogen-bond acceptors (Lipinski definition) is 4. The van der Waals surface area contributed by atoms with Crippen molar-refractivity contribution in [2.45, 2.75) is 6.92 Å². The van der Waals surface area contributed by atoms with Gasteiger partial charge in [-0.15, -0.1) is 0 Å². The van der Waals surface area contributed by atoms with Gasteiger partial charge in [0.15, 0.2) is 5.76 Å². The molecule has 1 aromatic heterocycles. The van der Waals surface area contributed by atoms with Crippen LogP contribution in [0.4, 0.5) is 0 Å². The first-order chi connectivity index (χ1) is 7.85. The van der Waals surface area contributed by atoms with Crippen LogP contribution in [0.5, 0.6) is 11.5 Å². The fourth-order valence-electron chi connectivity index (χ4n) is 1.46. The molecule has 0 fully saturated rings. The van der Waals surface area contributed by atoms with Crippen molar-refractivity contribution in [2.75, 3.05) is 13.7 Å². The number of methoxy groups -OCH3 is 1. The van der Waals surface area contributed by atoms with Gasteiger partial charge < -0.3 is 14.0 Å². The van der Waals surface area contributed by atoms with Gasteiger partial charge in [0.05, 0.1) is 25.5 Å². The molecular weight excluding hydrogens is 206 g/mol. The third-order valence-electron chi connectivity index (χ3n) is 2.19. The topological polar surface area (TPSA) is 44.5 Å². The van der Waals surface area contributed by atoms with Gasteiger partial charge >= 0.3 is 0 Å². The lowest BCUT2D eigenvalue weighted by Crippen LogP contribution is -1.94. The molecule has 0 saturated carbocycles. The zero-order valence-electron chi connectivity index (χ0n) is 9.27. The van der Waals surface area contributed by atoms with Gasteiger partial charge in [-0.05, 0) is 19.1 Å². The van der Waals surface area contributed by atoms with Crippen molar-refractivity contribution in [2.24, 2.45) is 0 Å². The lowest BCUT2D eigenvalue weighted by molar-refractivity contribution is 0.335. The van der Waals surface area contributed by atoms with E-state index in [1.54, 1.807) is 19.4 Å². The van der Waals surface area contributed by atoms with E-state index in [0.29, 0.717) is 12.4 Å². The largest absolute Gasteiger partial charge is 0.497 e. The van der Waals surface area contributed by atoms with Crippen molar-refractivity contribution in [1.82, 2.24) is 5.16 Å². The van der Waals surface area contributed by atoms with Crippen LogP contribution in [0.2, 0.25) is 0 Å². The molecule has 0 aliphatic carbocycles. The van der Waals surface area contributed by atoms with E-state index < -0.39 is 0 Å². The number of rotatable bonds is 4. The molecule has 2 rings (SSSR count). The molecule has 4 heteroatoms. The SMILES string of the molecule is CCOc1cc(OC)ccc1-c1ccno1. The van der Waals surface area contributed by atoms with Crippen molar-refractivity contribution in [1.29, 1.82) is 0 Å². The monoisotopic (exact) mass is 219 g/mol. The standard InChI is InChI=1S/C12H13NO3/c1-3-15-12-8-9(14-2)4-5-10(12)11-6-7-13-16-11/h4-8H,3H2,1-2H3. The molecule has 0 saturated heterocycles. The van der Waals surface area contributed by atoms with E-state index in [-0.39, 0.29) is 0 Å². The molecule has 0 spiro atoms. The van der Waals surface area contributed by atoms with Gasteiger partial charge in [-0.2, -0.15) is 0 Å². The highest BCUT2D eigenvalue weighted by Gasteiger charge is 2.10. The highest BCUT2D eigenvalue weighted by atomic mass is 16.5. The van der Waals surface area contributed by atoms with Crippen LogP contribution in [-0.2, 0) is 0 Å². The Hall–Kier alpha value is -1.97. The van der Waals surface area contributed by atoms with Gasteiger partial charge in [-0.3, -0.25) is 0 Å². The van der Waals surface area contributed by atoms with Crippen LogP contribution in [0.25, 0.3) is 11.3 Å². The lowest BCUT2D eigenvalue weighted by Gasteiger charge is -2.09. The summed E-state index contributed by atoms with van der Waals surface area (Å²) in [7, 11) is 1.62. The van der Waals surface area contributed by atoms with Crippen LogP contribution in [-0.4, -0.2) is 18.9 Å². The fraction of sp³-hybridized carbons (Fsp3) is 0.250. The molecule has 1 aromatic carbocycles. The maximum atomic E-state index is 5.54. The summed E-state index contributed by atoms with van der Waals surface area (Å²) in [6.07, 6.45) is 1.61. The molecule has 0 N–H and O–H groups in total. The summed E-state index contributed by atoms with van der Waals surface area (Å²) < 4.78 is 15.8. The first kappa shape index (κ1) is 10.5. The Bertz CT molecular complexity index is 451. The van der Waals surface area contributed by atoms with Gasteiger partial charge in [-0.1, -0.05) is 5.16 Å². The van der Waals surface area contributed by atoms with Crippen molar-refractivity contribution < 1.29 is 14.0 Å². The smallest absolute Gasteiger partial charge is 0.170 e. The third kappa shape index (κ3) is 2.00. The zero-order valence-corrected chi connectivity index (χ0v) is 9.27. The molecule has 0 amide bonds. The predicted molar refractivity (Wildman–Crippen MR) is 59.7 cm³/mol. The van der Waals surface area contributed by atoms with Crippen molar-refractivity contribution >= 4 is 0 Å². The van der Waals surface area contributed by atoms with E-state index in [0.717, 1.165) is 17.1 Å². The molecule has 2 aromatic rings. The van der Waals surface area contributed by atoms with Crippen LogP contribution in [0.1, 0.15) is 6.92 Å². The summed E-state index contributed by atoms with van der Waals surface area (Å²) in [5.41, 5.74) is 0.875. The summed E-state index contributed by atoms with van der Waals surface area (Å²) in [5.74, 6) is 2.18. The van der Waals surface area contributed by atoms with Crippen LogP contribution >= 0.6 is 0 Å². The number of aromatic nitrogens is 1. The summed E-state index contributed by atoms with van der Waals surface area (Å²) >= 11 is 0. The molecule has 84 valence electrons. The lowest BCUT2D eigenvalue weighted by atomic mass is 10.1. The first-order valence-electron chi connectivity index (χ1n) is 5.07. The number of ether oxygens (including phenoxy) is 2. The average Bonchev–Trinajstić information content (AvgIpc) is 2.83. The predicted octanol–water partition coefficient (Wildman–Crippen LogP) is 2.75. The van der Waals surface area contributed by atoms with E-state index in [4.69, 9.17) is 14.0 Å². The normalized spacial score (nSPS) is 10.1.